The summed E-state index contributed by atoms with van der Waals surface area (Å²) < 4.78 is 0. The number of nitrogens with two attached hydrogens (primary N) is 1. The van der Waals surface area contributed by atoms with E-state index in [4.69, 9.17) is 5.73 Å². The van der Waals surface area contributed by atoms with Gasteiger partial charge in [-0.05, 0) is 31.7 Å². The van der Waals surface area contributed by atoms with E-state index in [-0.39, 0.29) is 30.7 Å². The summed E-state index contributed by atoms with van der Waals surface area (Å²) in [5.41, 5.74) is 5.47. The van der Waals surface area contributed by atoms with Gasteiger partial charge in [-0.3, -0.25) is 4.79 Å². The summed E-state index contributed by atoms with van der Waals surface area (Å²) in [4.78, 5) is 12.9. The molecule has 0 aliphatic carbocycles. The fraction of sp³-hybridized carbons (Fsp3) is 0.889. The number of halogens is 2. The Hall–Kier alpha value is 0.01000. The maximum Gasteiger partial charge on any atom is 0.219 e. The number of hydrogen-bond acceptors (Lipinski definition) is 2. The summed E-state index contributed by atoms with van der Waals surface area (Å²) in [6.07, 6.45) is 3.39. The van der Waals surface area contributed by atoms with E-state index in [2.05, 4.69) is 0 Å². The van der Waals surface area contributed by atoms with Crippen LogP contribution in [0, 0.1) is 5.92 Å². The van der Waals surface area contributed by atoms with Crippen LogP contribution in [-0.4, -0.2) is 30.4 Å². The van der Waals surface area contributed by atoms with Crippen molar-refractivity contribution in [2.24, 2.45) is 11.7 Å². The number of carbonyl (C=O) groups is 1. The van der Waals surface area contributed by atoms with Gasteiger partial charge in [0.2, 0.25) is 5.91 Å². The summed E-state index contributed by atoms with van der Waals surface area (Å²) >= 11 is 0. The zero-order valence-electron chi connectivity index (χ0n) is 8.57. The zero-order valence-corrected chi connectivity index (χ0v) is 10.2. The summed E-state index contributed by atoms with van der Waals surface area (Å²) in [6, 6.07) is 0. The molecule has 0 aromatic heterocycles. The Morgan fingerprint density at radius 3 is 2.21 bits per heavy atom. The molecule has 0 aromatic rings. The fourth-order valence-corrected chi connectivity index (χ4v) is 1.77. The van der Waals surface area contributed by atoms with Crippen LogP contribution in [0.4, 0.5) is 0 Å². The third kappa shape index (κ3) is 5.03. The van der Waals surface area contributed by atoms with Gasteiger partial charge in [0.1, 0.15) is 0 Å². The van der Waals surface area contributed by atoms with Crippen LogP contribution in [0.1, 0.15) is 26.2 Å². The molecule has 1 heterocycles. The Morgan fingerprint density at radius 1 is 1.36 bits per heavy atom. The fourth-order valence-electron chi connectivity index (χ4n) is 1.77. The molecule has 1 rings (SSSR count). The van der Waals surface area contributed by atoms with Crippen LogP contribution < -0.4 is 5.73 Å². The summed E-state index contributed by atoms with van der Waals surface area (Å²) in [6.45, 7) is 4.29. The number of piperidine rings is 1. The number of rotatable bonds is 2. The van der Waals surface area contributed by atoms with Gasteiger partial charge in [0.15, 0.2) is 0 Å². The number of carbonyl (C=O) groups excluding carboxylic acids is 1. The lowest BCUT2D eigenvalue weighted by atomic mass is 9.94. The van der Waals surface area contributed by atoms with Gasteiger partial charge in [0.25, 0.3) is 0 Å². The van der Waals surface area contributed by atoms with Crippen molar-refractivity contribution >= 4 is 30.7 Å². The maximum atomic E-state index is 11.0. The van der Waals surface area contributed by atoms with Crippen molar-refractivity contribution in [1.82, 2.24) is 4.90 Å². The van der Waals surface area contributed by atoms with Crippen molar-refractivity contribution in [2.75, 3.05) is 19.6 Å². The third-order valence-electron chi connectivity index (χ3n) is 2.63. The quantitative estimate of drug-likeness (QED) is 0.797. The lowest BCUT2D eigenvalue weighted by molar-refractivity contribution is -0.130. The van der Waals surface area contributed by atoms with Crippen molar-refractivity contribution in [3.8, 4) is 0 Å². The van der Waals surface area contributed by atoms with E-state index in [1.165, 1.54) is 0 Å². The smallest absolute Gasteiger partial charge is 0.219 e. The standard InChI is InChI=1S/C9H18N2O.2ClH/c1-8(12)11-6-3-9(2-5-10)4-7-11;;/h9H,2-7,10H2,1H3;2*1H. The predicted molar refractivity (Wildman–Crippen MR) is 63.1 cm³/mol. The molecule has 0 saturated carbocycles. The minimum atomic E-state index is 0. The minimum Gasteiger partial charge on any atom is -0.343 e. The SMILES string of the molecule is CC(=O)N1CCC(CCN)CC1.Cl.Cl. The first-order valence-electron chi connectivity index (χ1n) is 4.69. The highest BCUT2D eigenvalue weighted by Crippen LogP contribution is 2.19. The van der Waals surface area contributed by atoms with E-state index in [0.29, 0.717) is 0 Å². The number of hydrogen-bond donors (Lipinski definition) is 1. The van der Waals surface area contributed by atoms with E-state index in [1.807, 2.05) is 4.90 Å². The van der Waals surface area contributed by atoms with E-state index < -0.39 is 0 Å². The monoisotopic (exact) mass is 242 g/mol. The normalized spacial score (nSPS) is 16.9. The first kappa shape index (κ1) is 16.4. The molecule has 0 spiro atoms. The molecule has 0 radical (unpaired) electrons. The molecule has 1 fully saturated rings. The maximum absolute atomic E-state index is 11.0. The molecule has 1 amide bonds. The average Bonchev–Trinajstić information content (AvgIpc) is 2.06. The van der Waals surface area contributed by atoms with Gasteiger partial charge in [-0.2, -0.15) is 0 Å². The Bertz CT molecular complexity index is 159. The Morgan fingerprint density at radius 2 is 1.86 bits per heavy atom. The first-order chi connectivity index (χ1) is 5.74. The minimum absolute atomic E-state index is 0. The van der Waals surface area contributed by atoms with Gasteiger partial charge in [-0.25, -0.2) is 0 Å². The number of nitrogens with zero attached hydrogens (tertiary/aromatic N) is 1. The first-order valence-corrected chi connectivity index (χ1v) is 4.69. The molecule has 0 unspecified atom stereocenters. The topological polar surface area (TPSA) is 46.3 Å². The molecule has 5 heteroatoms. The second-order valence-electron chi connectivity index (χ2n) is 3.53. The lowest BCUT2D eigenvalue weighted by Crippen LogP contribution is -2.37. The Balaban J connectivity index is 0. The van der Waals surface area contributed by atoms with Gasteiger partial charge < -0.3 is 10.6 Å². The summed E-state index contributed by atoms with van der Waals surface area (Å²) in [5, 5.41) is 0. The molecule has 1 saturated heterocycles. The van der Waals surface area contributed by atoms with Crippen molar-refractivity contribution in [2.45, 2.75) is 26.2 Å². The molecule has 1 aliphatic rings. The second-order valence-corrected chi connectivity index (χ2v) is 3.53. The van der Waals surface area contributed by atoms with E-state index in [0.717, 1.165) is 44.8 Å². The van der Waals surface area contributed by atoms with Crippen molar-refractivity contribution in [1.29, 1.82) is 0 Å². The Kier molecular flexibility index (Phi) is 9.78. The highest BCUT2D eigenvalue weighted by molar-refractivity contribution is 5.85. The van der Waals surface area contributed by atoms with E-state index in [9.17, 15) is 4.79 Å². The summed E-state index contributed by atoms with van der Waals surface area (Å²) in [7, 11) is 0. The summed E-state index contributed by atoms with van der Waals surface area (Å²) in [5.74, 6) is 0.965. The van der Waals surface area contributed by atoms with E-state index in [1.54, 1.807) is 6.92 Å². The van der Waals surface area contributed by atoms with Crippen LogP contribution in [0.2, 0.25) is 0 Å². The van der Waals surface area contributed by atoms with Crippen molar-refractivity contribution in [3.05, 3.63) is 0 Å². The molecular weight excluding hydrogens is 223 g/mol. The van der Waals surface area contributed by atoms with Crippen LogP contribution in [0.3, 0.4) is 0 Å². The van der Waals surface area contributed by atoms with Crippen LogP contribution >= 0.6 is 24.8 Å². The predicted octanol–water partition coefficient (Wildman–Crippen LogP) is 1.44. The molecule has 86 valence electrons. The molecule has 1 aliphatic heterocycles. The van der Waals surface area contributed by atoms with Gasteiger partial charge in [-0.1, -0.05) is 0 Å². The molecule has 0 atom stereocenters. The van der Waals surface area contributed by atoms with Crippen LogP contribution in [0.25, 0.3) is 0 Å². The van der Waals surface area contributed by atoms with Gasteiger partial charge in [0, 0.05) is 20.0 Å². The average molecular weight is 243 g/mol. The third-order valence-corrected chi connectivity index (χ3v) is 2.63. The van der Waals surface area contributed by atoms with E-state index >= 15 is 0 Å². The van der Waals surface area contributed by atoms with Gasteiger partial charge in [-0.15, -0.1) is 24.8 Å². The highest BCUT2D eigenvalue weighted by Gasteiger charge is 2.19. The molecule has 0 bridgehead atoms. The molecule has 0 aromatic carbocycles. The van der Waals surface area contributed by atoms with Crippen LogP contribution in [-0.2, 0) is 4.79 Å². The molecular formula is C9H20Cl2N2O. The number of amides is 1. The lowest BCUT2D eigenvalue weighted by Gasteiger charge is -2.30. The van der Waals surface area contributed by atoms with Crippen molar-refractivity contribution < 1.29 is 4.79 Å². The second kappa shape index (κ2) is 8.33. The molecule has 14 heavy (non-hydrogen) atoms. The Labute approximate surface area is 98.2 Å². The molecule has 2 N–H and O–H groups in total. The molecule has 3 nitrogen and oxygen atoms in total. The van der Waals surface area contributed by atoms with Gasteiger partial charge >= 0.3 is 0 Å². The highest BCUT2D eigenvalue weighted by atomic mass is 35.5. The van der Waals surface area contributed by atoms with Crippen molar-refractivity contribution in [3.63, 3.8) is 0 Å². The van der Waals surface area contributed by atoms with Crippen LogP contribution in [0.15, 0.2) is 0 Å². The number of likely N-dealkylation sites (tertiary alicyclic amines) is 1. The zero-order chi connectivity index (χ0) is 8.97. The van der Waals surface area contributed by atoms with Crippen LogP contribution in [0.5, 0.6) is 0 Å². The largest absolute Gasteiger partial charge is 0.343 e. The van der Waals surface area contributed by atoms with Gasteiger partial charge in [0.05, 0.1) is 0 Å².